The molecule has 4 atom stereocenters. The van der Waals surface area contributed by atoms with E-state index in [1.54, 1.807) is 12.3 Å². The second-order valence-electron chi connectivity index (χ2n) is 8.65. The molecule has 1 saturated heterocycles. The first-order valence-electron chi connectivity index (χ1n) is 10.8. The summed E-state index contributed by atoms with van der Waals surface area (Å²) in [6.07, 6.45) is 5.92. The van der Waals surface area contributed by atoms with Crippen LogP contribution in [0.25, 0.3) is 0 Å². The number of likely N-dealkylation sites (tertiary alicyclic amines) is 1. The van der Waals surface area contributed by atoms with Crippen molar-refractivity contribution >= 4 is 17.6 Å². The summed E-state index contributed by atoms with van der Waals surface area (Å²) in [5.74, 6) is 0.637. The van der Waals surface area contributed by atoms with Crippen LogP contribution in [0, 0.1) is 11.8 Å². The van der Waals surface area contributed by atoms with Crippen LogP contribution in [0.1, 0.15) is 58.9 Å². The van der Waals surface area contributed by atoms with Gasteiger partial charge in [0.05, 0.1) is 6.54 Å². The van der Waals surface area contributed by atoms with E-state index in [1.807, 2.05) is 13.0 Å². The zero-order chi connectivity index (χ0) is 21.4. The Labute approximate surface area is 174 Å². The van der Waals surface area contributed by atoms with Gasteiger partial charge >= 0.3 is 0 Å². The van der Waals surface area contributed by atoms with Crippen molar-refractivity contribution in [3.8, 4) is 0 Å². The van der Waals surface area contributed by atoms with E-state index in [1.165, 1.54) is 6.42 Å². The molecule has 7 heteroatoms. The highest BCUT2D eigenvalue weighted by Crippen LogP contribution is 2.21. The topological polar surface area (TPSA) is 100 Å². The van der Waals surface area contributed by atoms with E-state index >= 15 is 0 Å². The molecule has 1 aromatic rings. The average Bonchev–Trinajstić information content (AvgIpc) is 2.67. The predicted octanol–water partition coefficient (Wildman–Crippen LogP) is 2.32. The number of rotatable bonds is 9. The number of nitrogens with two attached hydrogens (primary N) is 1. The second-order valence-corrected chi connectivity index (χ2v) is 8.65. The molecule has 0 saturated carbocycles. The molecular formula is C22H37N5O2. The quantitative estimate of drug-likeness (QED) is 0.587. The van der Waals surface area contributed by atoms with Crippen molar-refractivity contribution < 1.29 is 9.59 Å². The first kappa shape index (κ1) is 23.1. The van der Waals surface area contributed by atoms with Gasteiger partial charge in [-0.3, -0.25) is 14.5 Å². The molecule has 4 N–H and O–H groups in total. The molecule has 4 unspecified atom stereocenters. The first-order chi connectivity index (χ1) is 13.8. The third kappa shape index (κ3) is 7.65. The molecule has 29 heavy (non-hydrogen) atoms. The summed E-state index contributed by atoms with van der Waals surface area (Å²) in [5, 5.41) is 5.99. The van der Waals surface area contributed by atoms with Gasteiger partial charge in [0.2, 0.25) is 11.8 Å². The van der Waals surface area contributed by atoms with Crippen LogP contribution in [0.15, 0.2) is 18.3 Å². The monoisotopic (exact) mass is 403 g/mol. The lowest BCUT2D eigenvalue weighted by molar-refractivity contribution is -0.125. The molecule has 0 bridgehead atoms. The van der Waals surface area contributed by atoms with Gasteiger partial charge in [-0.25, -0.2) is 4.98 Å². The molecule has 0 spiro atoms. The molecule has 1 aliphatic heterocycles. The molecule has 1 aliphatic rings. The van der Waals surface area contributed by atoms with Crippen molar-refractivity contribution in [1.82, 2.24) is 20.5 Å². The van der Waals surface area contributed by atoms with Gasteiger partial charge in [-0.2, -0.15) is 0 Å². The van der Waals surface area contributed by atoms with Gasteiger partial charge < -0.3 is 16.4 Å². The summed E-state index contributed by atoms with van der Waals surface area (Å²) in [5.41, 5.74) is 6.59. The van der Waals surface area contributed by atoms with E-state index in [0.717, 1.165) is 24.8 Å². The van der Waals surface area contributed by atoms with Crippen molar-refractivity contribution in [2.45, 2.75) is 72.0 Å². The normalized spacial score (nSPS) is 21.9. The highest BCUT2D eigenvalue weighted by atomic mass is 16.2. The van der Waals surface area contributed by atoms with Crippen molar-refractivity contribution in [3.05, 3.63) is 23.9 Å². The highest BCUT2D eigenvalue weighted by molar-refractivity contribution is 5.78. The van der Waals surface area contributed by atoms with Crippen LogP contribution in [0.2, 0.25) is 0 Å². The van der Waals surface area contributed by atoms with Crippen molar-refractivity contribution in [2.75, 3.05) is 18.8 Å². The second kappa shape index (κ2) is 11.1. The highest BCUT2D eigenvalue weighted by Gasteiger charge is 2.26. The smallest absolute Gasteiger partial charge is 0.234 e. The lowest BCUT2D eigenvalue weighted by Crippen LogP contribution is -2.49. The Kier molecular flexibility index (Phi) is 8.89. The molecule has 0 aliphatic carbocycles. The standard InChI is InChI=1S/C22H37N5O2/c1-15(12-25-21(28)14-27-17(3)6-5-7-18(27)4)10-16(2)22(29)26-13-19-8-9-24-20(23)11-19/h8-9,11,15-18H,5-7,10,12-14H2,1-4H3,(H2,23,24)(H,25,28)(H,26,29). The van der Waals surface area contributed by atoms with Crippen LogP contribution in [0.4, 0.5) is 5.82 Å². The summed E-state index contributed by atoms with van der Waals surface area (Å²) in [4.78, 5) is 31.0. The van der Waals surface area contributed by atoms with Crippen LogP contribution >= 0.6 is 0 Å². The molecule has 7 nitrogen and oxygen atoms in total. The van der Waals surface area contributed by atoms with Gasteiger partial charge in [-0.05, 0) is 56.7 Å². The Bertz CT molecular complexity index is 671. The zero-order valence-electron chi connectivity index (χ0n) is 18.3. The lowest BCUT2D eigenvalue weighted by Gasteiger charge is -2.38. The molecule has 162 valence electrons. The van der Waals surface area contributed by atoms with Crippen LogP contribution in [0.5, 0.6) is 0 Å². The maximum atomic E-state index is 12.4. The van der Waals surface area contributed by atoms with E-state index < -0.39 is 0 Å². The zero-order valence-corrected chi connectivity index (χ0v) is 18.3. The number of nitrogens with one attached hydrogen (secondary N) is 2. The molecule has 0 radical (unpaired) electrons. The number of aromatic nitrogens is 1. The molecule has 2 amide bonds. The number of hydrogen-bond acceptors (Lipinski definition) is 5. The number of amides is 2. The average molecular weight is 404 g/mol. The van der Waals surface area contributed by atoms with Gasteiger partial charge in [0.25, 0.3) is 0 Å². The lowest BCUT2D eigenvalue weighted by atomic mass is 9.96. The van der Waals surface area contributed by atoms with Crippen LogP contribution in [-0.4, -0.2) is 46.9 Å². The fraction of sp³-hybridized carbons (Fsp3) is 0.682. The Hall–Kier alpha value is -2.15. The number of nitrogen functional groups attached to an aromatic ring is 1. The third-order valence-electron chi connectivity index (χ3n) is 5.87. The Morgan fingerprint density at radius 2 is 1.93 bits per heavy atom. The Balaban J connectivity index is 1.68. The summed E-state index contributed by atoms with van der Waals surface area (Å²) in [6, 6.07) is 4.51. The van der Waals surface area contributed by atoms with E-state index in [9.17, 15) is 9.59 Å². The maximum Gasteiger partial charge on any atom is 0.234 e. The Morgan fingerprint density at radius 3 is 2.59 bits per heavy atom. The van der Waals surface area contributed by atoms with E-state index in [4.69, 9.17) is 5.73 Å². The summed E-state index contributed by atoms with van der Waals surface area (Å²) < 4.78 is 0. The van der Waals surface area contributed by atoms with Crippen molar-refractivity contribution in [1.29, 1.82) is 0 Å². The minimum atomic E-state index is -0.122. The first-order valence-corrected chi connectivity index (χ1v) is 10.8. The van der Waals surface area contributed by atoms with Crippen LogP contribution in [0.3, 0.4) is 0 Å². The molecule has 2 rings (SSSR count). The van der Waals surface area contributed by atoms with Crippen LogP contribution in [-0.2, 0) is 16.1 Å². The van der Waals surface area contributed by atoms with Crippen LogP contribution < -0.4 is 16.4 Å². The van der Waals surface area contributed by atoms with E-state index in [-0.39, 0.29) is 23.7 Å². The summed E-state index contributed by atoms with van der Waals surface area (Å²) in [7, 11) is 0. The molecule has 0 aromatic carbocycles. The number of carbonyl (C=O) groups is 2. The number of pyridine rings is 1. The minimum Gasteiger partial charge on any atom is -0.384 e. The number of piperidine rings is 1. The third-order valence-corrected chi connectivity index (χ3v) is 5.87. The fourth-order valence-electron chi connectivity index (χ4n) is 4.06. The molecular weight excluding hydrogens is 366 g/mol. The SMILES string of the molecule is CC(CNC(=O)CN1C(C)CCCC1C)CC(C)C(=O)NCc1ccnc(N)c1. The van der Waals surface area contributed by atoms with Gasteiger partial charge in [-0.1, -0.05) is 20.3 Å². The number of hydrogen-bond donors (Lipinski definition) is 3. The van der Waals surface area contributed by atoms with Gasteiger partial charge in [-0.15, -0.1) is 0 Å². The number of anilines is 1. The number of nitrogens with zero attached hydrogens (tertiary/aromatic N) is 2. The van der Waals surface area contributed by atoms with Crippen molar-refractivity contribution in [2.24, 2.45) is 11.8 Å². The molecule has 1 fully saturated rings. The Morgan fingerprint density at radius 1 is 1.24 bits per heavy atom. The fourth-order valence-corrected chi connectivity index (χ4v) is 4.06. The molecule has 2 heterocycles. The molecule has 1 aromatic heterocycles. The van der Waals surface area contributed by atoms with E-state index in [0.29, 0.717) is 37.5 Å². The van der Waals surface area contributed by atoms with E-state index in [2.05, 4.69) is 41.3 Å². The van der Waals surface area contributed by atoms with Gasteiger partial charge in [0.15, 0.2) is 0 Å². The van der Waals surface area contributed by atoms with Crippen molar-refractivity contribution in [3.63, 3.8) is 0 Å². The van der Waals surface area contributed by atoms with Gasteiger partial charge in [0, 0.05) is 37.3 Å². The minimum absolute atomic E-state index is 0.00882. The maximum absolute atomic E-state index is 12.4. The summed E-state index contributed by atoms with van der Waals surface area (Å²) >= 11 is 0. The summed E-state index contributed by atoms with van der Waals surface area (Å²) in [6.45, 7) is 9.88. The largest absolute Gasteiger partial charge is 0.384 e. The number of carbonyl (C=O) groups excluding carboxylic acids is 2. The van der Waals surface area contributed by atoms with Gasteiger partial charge in [0.1, 0.15) is 5.82 Å². The predicted molar refractivity (Wildman–Crippen MR) is 116 cm³/mol.